The number of anilines is 1. The Labute approximate surface area is 229 Å². The average Bonchev–Trinajstić information content (AvgIpc) is 2.88. The molecule has 0 spiro atoms. The van der Waals surface area contributed by atoms with Crippen LogP contribution in [0.1, 0.15) is 57.6 Å². The highest BCUT2D eigenvalue weighted by molar-refractivity contribution is 7.92. The van der Waals surface area contributed by atoms with Crippen molar-refractivity contribution in [2.24, 2.45) is 0 Å². The Kier molecular flexibility index (Phi) is 11.8. The van der Waals surface area contributed by atoms with Crippen LogP contribution in [0.25, 0.3) is 0 Å². The van der Waals surface area contributed by atoms with E-state index in [1.807, 2.05) is 51.1 Å². The van der Waals surface area contributed by atoms with Gasteiger partial charge in [0.1, 0.15) is 6.04 Å². The van der Waals surface area contributed by atoms with Crippen molar-refractivity contribution < 1.29 is 31.2 Å². The van der Waals surface area contributed by atoms with Crippen molar-refractivity contribution in [3.05, 3.63) is 65.7 Å². The Balaban J connectivity index is 2.21. The third-order valence-corrected chi connectivity index (χ3v) is 7.68. The van der Waals surface area contributed by atoms with Gasteiger partial charge in [-0.25, -0.2) is 8.42 Å². The van der Waals surface area contributed by atoms with Crippen LogP contribution in [0.15, 0.2) is 54.6 Å². The standard InChI is InChI=1S/C28H38F3N3O4S/c1-5-21(3)32-27(36)25(6-2)33(19-17-22-12-8-7-9-13-22)26(35)16-11-18-34(39(4,37)38)24-15-10-14-23(20-24)28(29,30)31/h7-10,12-15,20-21,25H,5-6,11,16-19H2,1-4H3,(H,32,36)/t21-,25-/m1/s1. The topological polar surface area (TPSA) is 86.8 Å². The number of carbonyl (C=O) groups is 2. The molecular formula is C28H38F3N3O4S. The van der Waals surface area contributed by atoms with Crippen molar-refractivity contribution in [2.45, 2.75) is 71.1 Å². The van der Waals surface area contributed by atoms with Gasteiger partial charge in [-0.1, -0.05) is 50.2 Å². The highest BCUT2D eigenvalue weighted by Gasteiger charge is 2.32. The van der Waals surface area contributed by atoms with Gasteiger partial charge in [-0.2, -0.15) is 13.2 Å². The van der Waals surface area contributed by atoms with Crippen LogP contribution >= 0.6 is 0 Å². The number of sulfonamides is 1. The van der Waals surface area contributed by atoms with Crippen molar-refractivity contribution >= 4 is 27.5 Å². The van der Waals surface area contributed by atoms with E-state index in [4.69, 9.17) is 0 Å². The maximum atomic E-state index is 13.4. The molecule has 7 nitrogen and oxygen atoms in total. The van der Waals surface area contributed by atoms with Crippen molar-refractivity contribution in [3.63, 3.8) is 0 Å². The maximum Gasteiger partial charge on any atom is 0.416 e. The zero-order valence-electron chi connectivity index (χ0n) is 22.9. The number of hydrogen-bond donors (Lipinski definition) is 1. The van der Waals surface area contributed by atoms with Crippen LogP contribution in [0.3, 0.4) is 0 Å². The molecule has 2 rings (SSSR count). The Hall–Kier alpha value is -3.08. The second-order valence-electron chi connectivity index (χ2n) is 9.55. The molecule has 0 aliphatic heterocycles. The predicted octanol–water partition coefficient (Wildman–Crippen LogP) is 5.02. The molecule has 216 valence electrons. The number of hydrogen-bond acceptors (Lipinski definition) is 4. The molecule has 0 saturated carbocycles. The molecule has 1 N–H and O–H groups in total. The van der Waals surface area contributed by atoms with E-state index in [1.165, 1.54) is 11.0 Å². The van der Waals surface area contributed by atoms with Gasteiger partial charge in [0.15, 0.2) is 0 Å². The van der Waals surface area contributed by atoms with Gasteiger partial charge < -0.3 is 10.2 Å². The SMILES string of the molecule is CC[C@@H](C)NC(=O)[C@@H](CC)N(CCc1ccccc1)C(=O)CCCN(c1cccc(C(F)(F)F)c1)S(C)(=O)=O. The highest BCUT2D eigenvalue weighted by Crippen LogP contribution is 2.32. The summed E-state index contributed by atoms with van der Waals surface area (Å²) in [6.07, 6.45) is -2.08. The first kappa shape index (κ1) is 32.1. The molecule has 0 bridgehead atoms. The number of nitrogens with one attached hydrogen (secondary N) is 1. The van der Waals surface area contributed by atoms with Crippen LogP contribution in [0.5, 0.6) is 0 Å². The first-order valence-electron chi connectivity index (χ1n) is 13.1. The first-order chi connectivity index (χ1) is 18.3. The van der Waals surface area contributed by atoms with Gasteiger partial charge in [-0.3, -0.25) is 13.9 Å². The third kappa shape index (κ3) is 9.87. The summed E-state index contributed by atoms with van der Waals surface area (Å²) in [6.45, 7) is 5.76. The second-order valence-corrected chi connectivity index (χ2v) is 11.5. The quantitative estimate of drug-likeness (QED) is 0.346. The summed E-state index contributed by atoms with van der Waals surface area (Å²) in [5.74, 6) is -0.579. The van der Waals surface area contributed by atoms with Crippen LogP contribution in [0.4, 0.5) is 18.9 Å². The van der Waals surface area contributed by atoms with Gasteiger partial charge in [0.25, 0.3) is 0 Å². The van der Waals surface area contributed by atoms with E-state index in [-0.39, 0.29) is 42.9 Å². The molecule has 39 heavy (non-hydrogen) atoms. The molecule has 11 heteroatoms. The Morgan fingerprint density at radius 3 is 2.21 bits per heavy atom. The number of benzene rings is 2. The molecule has 2 amide bonds. The minimum Gasteiger partial charge on any atom is -0.352 e. The highest BCUT2D eigenvalue weighted by atomic mass is 32.2. The van der Waals surface area contributed by atoms with Gasteiger partial charge in [-0.15, -0.1) is 0 Å². The summed E-state index contributed by atoms with van der Waals surface area (Å²) in [6, 6.07) is 12.9. The van der Waals surface area contributed by atoms with E-state index in [2.05, 4.69) is 5.32 Å². The molecule has 0 heterocycles. The number of alkyl halides is 3. The molecular weight excluding hydrogens is 531 g/mol. The summed E-state index contributed by atoms with van der Waals surface area (Å²) in [4.78, 5) is 28.0. The molecule has 0 unspecified atom stereocenters. The van der Waals surface area contributed by atoms with E-state index < -0.39 is 27.8 Å². The lowest BCUT2D eigenvalue weighted by Gasteiger charge is -2.32. The van der Waals surface area contributed by atoms with E-state index in [0.717, 1.165) is 40.7 Å². The number of rotatable bonds is 14. The third-order valence-electron chi connectivity index (χ3n) is 6.48. The van der Waals surface area contributed by atoms with E-state index in [9.17, 15) is 31.2 Å². The minimum absolute atomic E-state index is 0.0617. The summed E-state index contributed by atoms with van der Waals surface area (Å²) in [5, 5.41) is 2.93. The van der Waals surface area contributed by atoms with Crippen molar-refractivity contribution in [1.29, 1.82) is 0 Å². The zero-order chi connectivity index (χ0) is 29.2. The van der Waals surface area contributed by atoms with Gasteiger partial charge in [0, 0.05) is 25.6 Å². The fraction of sp³-hybridized carbons (Fsp3) is 0.500. The molecule has 2 aromatic rings. The van der Waals surface area contributed by atoms with E-state index in [1.54, 1.807) is 0 Å². The molecule has 0 saturated heterocycles. The van der Waals surface area contributed by atoms with Crippen LogP contribution in [0, 0.1) is 0 Å². The molecule has 0 aromatic heterocycles. The fourth-order valence-electron chi connectivity index (χ4n) is 4.18. The number of carbonyl (C=O) groups excluding carboxylic acids is 2. The number of halogens is 3. The zero-order valence-corrected chi connectivity index (χ0v) is 23.7. The molecule has 0 aliphatic rings. The number of nitrogens with zero attached hydrogens (tertiary/aromatic N) is 2. The van der Waals surface area contributed by atoms with Crippen LogP contribution in [0.2, 0.25) is 0 Å². The van der Waals surface area contributed by atoms with Crippen LogP contribution in [-0.4, -0.2) is 56.6 Å². The minimum atomic E-state index is -4.63. The van der Waals surface area contributed by atoms with Gasteiger partial charge in [-0.05, 0) is 56.4 Å². The monoisotopic (exact) mass is 569 g/mol. The summed E-state index contributed by atoms with van der Waals surface area (Å²) >= 11 is 0. The van der Waals surface area contributed by atoms with E-state index in [0.29, 0.717) is 19.4 Å². The van der Waals surface area contributed by atoms with Gasteiger partial charge in [0.2, 0.25) is 21.8 Å². The lowest BCUT2D eigenvalue weighted by Crippen LogP contribution is -2.51. The second kappa shape index (κ2) is 14.3. The molecule has 0 radical (unpaired) electrons. The Morgan fingerprint density at radius 2 is 1.64 bits per heavy atom. The van der Waals surface area contributed by atoms with Crippen molar-refractivity contribution in [1.82, 2.24) is 10.2 Å². The van der Waals surface area contributed by atoms with Crippen molar-refractivity contribution in [3.8, 4) is 0 Å². The van der Waals surface area contributed by atoms with Gasteiger partial charge >= 0.3 is 6.18 Å². The normalized spacial score (nSPS) is 13.4. The smallest absolute Gasteiger partial charge is 0.352 e. The largest absolute Gasteiger partial charge is 0.416 e. The average molecular weight is 570 g/mol. The lowest BCUT2D eigenvalue weighted by molar-refractivity contribution is -0.141. The first-order valence-corrected chi connectivity index (χ1v) is 14.9. The summed E-state index contributed by atoms with van der Waals surface area (Å²) in [5.41, 5.74) is -0.0877. The molecule has 2 aromatic carbocycles. The van der Waals surface area contributed by atoms with Crippen LogP contribution < -0.4 is 9.62 Å². The number of amides is 2. The Morgan fingerprint density at radius 1 is 0.974 bits per heavy atom. The summed E-state index contributed by atoms with van der Waals surface area (Å²) in [7, 11) is -3.92. The maximum absolute atomic E-state index is 13.4. The molecule has 0 aliphatic carbocycles. The van der Waals surface area contributed by atoms with Gasteiger partial charge in [0.05, 0.1) is 17.5 Å². The fourth-order valence-corrected chi connectivity index (χ4v) is 5.14. The van der Waals surface area contributed by atoms with E-state index >= 15 is 0 Å². The van der Waals surface area contributed by atoms with Crippen molar-refractivity contribution in [2.75, 3.05) is 23.7 Å². The predicted molar refractivity (Wildman–Crippen MR) is 147 cm³/mol. The Bertz CT molecular complexity index is 1190. The lowest BCUT2D eigenvalue weighted by atomic mass is 10.1. The van der Waals surface area contributed by atoms with Crippen LogP contribution in [-0.2, 0) is 32.2 Å². The molecule has 0 fully saturated rings. The summed E-state index contributed by atoms with van der Waals surface area (Å²) < 4.78 is 65.3. The molecule has 2 atom stereocenters.